The van der Waals surface area contributed by atoms with Gasteiger partial charge in [-0.15, -0.1) is 24.0 Å². The Labute approximate surface area is 182 Å². The molecule has 2 fully saturated rings. The maximum Gasteiger partial charge on any atom is 0.269 e. The highest BCUT2D eigenvalue weighted by Crippen LogP contribution is 2.20. The Hall–Kier alpha value is -1.91. The molecule has 1 saturated carbocycles. The number of nitrogens with one attached hydrogen (secondary N) is 1. The van der Waals surface area contributed by atoms with Gasteiger partial charge < -0.3 is 15.1 Å². The molecule has 1 aromatic rings. The lowest BCUT2D eigenvalue weighted by atomic mass is 10.1. The van der Waals surface area contributed by atoms with Crippen molar-refractivity contribution in [3.8, 4) is 0 Å². The van der Waals surface area contributed by atoms with E-state index in [1.807, 2.05) is 18.7 Å². The van der Waals surface area contributed by atoms with Gasteiger partial charge in [-0.2, -0.15) is 0 Å². The molecule has 2 aliphatic rings. The van der Waals surface area contributed by atoms with Crippen LogP contribution in [0.2, 0.25) is 0 Å². The van der Waals surface area contributed by atoms with Gasteiger partial charge >= 0.3 is 0 Å². The highest BCUT2D eigenvalue weighted by molar-refractivity contribution is 14.0. The number of benzene rings is 1. The lowest BCUT2D eigenvalue weighted by Crippen LogP contribution is -2.54. The molecule has 154 valence electrons. The third kappa shape index (κ3) is 6.05. The van der Waals surface area contributed by atoms with Gasteiger partial charge in [0.15, 0.2) is 5.96 Å². The Kier molecular flexibility index (Phi) is 8.02. The fourth-order valence-electron chi connectivity index (χ4n) is 3.04. The van der Waals surface area contributed by atoms with Crippen LogP contribution in [-0.2, 0) is 11.3 Å². The average Bonchev–Trinajstić information content (AvgIpc) is 3.49. The van der Waals surface area contributed by atoms with Gasteiger partial charge in [-0.05, 0) is 18.4 Å². The lowest BCUT2D eigenvalue weighted by Gasteiger charge is -2.37. The van der Waals surface area contributed by atoms with Crippen LogP contribution in [-0.4, -0.2) is 58.8 Å². The molecule has 0 unspecified atom stereocenters. The van der Waals surface area contributed by atoms with Gasteiger partial charge in [0.05, 0.1) is 11.5 Å². The molecule has 0 spiro atoms. The number of carbonyl (C=O) groups is 1. The number of guanidine groups is 1. The summed E-state index contributed by atoms with van der Waals surface area (Å²) in [7, 11) is 0. The second-order valence-electron chi connectivity index (χ2n) is 7.45. The Morgan fingerprint density at radius 2 is 1.75 bits per heavy atom. The third-order valence-electron chi connectivity index (χ3n) is 4.85. The molecule has 0 atom stereocenters. The van der Waals surface area contributed by atoms with Gasteiger partial charge in [-0.25, -0.2) is 4.99 Å². The van der Waals surface area contributed by atoms with Crippen LogP contribution in [0.15, 0.2) is 29.3 Å². The maximum atomic E-state index is 12.2. The van der Waals surface area contributed by atoms with Crippen molar-refractivity contribution in [3.05, 3.63) is 39.9 Å². The molecule has 1 saturated heterocycles. The first-order chi connectivity index (χ1) is 12.9. The number of nitrogens with zero attached hydrogens (tertiary/aromatic N) is 4. The first-order valence-electron chi connectivity index (χ1n) is 9.52. The summed E-state index contributed by atoms with van der Waals surface area (Å²) < 4.78 is 0. The van der Waals surface area contributed by atoms with Crippen LogP contribution in [0.4, 0.5) is 5.69 Å². The molecular weight excluding hydrogens is 473 g/mol. The largest absolute Gasteiger partial charge is 0.353 e. The zero-order valence-electron chi connectivity index (χ0n) is 16.3. The van der Waals surface area contributed by atoms with Crippen molar-refractivity contribution in [1.82, 2.24) is 15.1 Å². The van der Waals surface area contributed by atoms with Crippen molar-refractivity contribution in [2.75, 3.05) is 26.2 Å². The summed E-state index contributed by atoms with van der Waals surface area (Å²) in [6.07, 6.45) is 2.31. The van der Waals surface area contributed by atoms with Crippen LogP contribution < -0.4 is 5.32 Å². The zero-order valence-corrected chi connectivity index (χ0v) is 18.7. The molecule has 1 N–H and O–H groups in total. The minimum Gasteiger partial charge on any atom is -0.353 e. The normalized spacial score (nSPS) is 17.3. The maximum absolute atomic E-state index is 12.2. The van der Waals surface area contributed by atoms with Crippen LogP contribution >= 0.6 is 24.0 Å². The number of carbonyl (C=O) groups excluding carboxylic acids is 1. The fourth-order valence-corrected chi connectivity index (χ4v) is 3.04. The van der Waals surface area contributed by atoms with Gasteiger partial charge in [0, 0.05) is 50.3 Å². The molecule has 0 bridgehead atoms. The van der Waals surface area contributed by atoms with E-state index >= 15 is 0 Å². The number of hydrogen-bond acceptors (Lipinski definition) is 4. The number of piperazine rings is 1. The Morgan fingerprint density at radius 1 is 1.18 bits per heavy atom. The summed E-state index contributed by atoms with van der Waals surface area (Å²) in [5.41, 5.74) is 1.02. The van der Waals surface area contributed by atoms with E-state index in [2.05, 4.69) is 10.2 Å². The van der Waals surface area contributed by atoms with Crippen molar-refractivity contribution in [1.29, 1.82) is 0 Å². The Morgan fingerprint density at radius 3 is 2.25 bits per heavy atom. The molecule has 0 radical (unpaired) electrons. The van der Waals surface area contributed by atoms with Gasteiger partial charge in [0.1, 0.15) is 0 Å². The summed E-state index contributed by atoms with van der Waals surface area (Å²) >= 11 is 0. The molecule has 1 aliphatic carbocycles. The molecule has 1 aliphatic heterocycles. The van der Waals surface area contributed by atoms with E-state index in [4.69, 9.17) is 4.99 Å². The van der Waals surface area contributed by atoms with Crippen molar-refractivity contribution < 1.29 is 9.72 Å². The summed E-state index contributed by atoms with van der Waals surface area (Å²) in [6, 6.07) is 6.99. The molecule has 1 amide bonds. The second kappa shape index (κ2) is 10.0. The highest BCUT2D eigenvalue weighted by Gasteiger charge is 2.28. The molecule has 28 heavy (non-hydrogen) atoms. The summed E-state index contributed by atoms with van der Waals surface area (Å²) in [6.45, 7) is 7.27. The average molecular weight is 501 g/mol. The Balaban J connectivity index is 0.00000280. The first kappa shape index (κ1) is 22.4. The van der Waals surface area contributed by atoms with E-state index in [1.165, 1.54) is 12.1 Å². The highest BCUT2D eigenvalue weighted by atomic mass is 127. The SMILES string of the molecule is CC(C)C(=O)N1CCN(C(=NCc2ccc([N+](=O)[O-])cc2)NC2CC2)CC1.I. The number of rotatable bonds is 5. The number of hydrogen-bond donors (Lipinski definition) is 1. The van der Waals surface area contributed by atoms with Crippen LogP contribution in [0.3, 0.4) is 0 Å². The van der Waals surface area contributed by atoms with Gasteiger partial charge in [-0.3, -0.25) is 14.9 Å². The Bertz CT molecular complexity index is 711. The van der Waals surface area contributed by atoms with Crippen molar-refractivity contribution in [3.63, 3.8) is 0 Å². The minimum absolute atomic E-state index is 0. The van der Waals surface area contributed by atoms with E-state index < -0.39 is 4.92 Å². The smallest absolute Gasteiger partial charge is 0.269 e. The standard InChI is InChI=1S/C19H27N5O3.HI/c1-14(2)18(25)22-9-11-23(12-10-22)19(21-16-5-6-16)20-13-15-3-7-17(8-4-15)24(26)27;/h3-4,7-8,14,16H,5-6,9-13H2,1-2H3,(H,20,21);1H. The van der Waals surface area contributed by atoms with Crippen LogP contribution in [0.1, 0.15) is 32.3 Å². The topological polar surface area (TPSA) is 91.1 Å². The van der Waals surface area contributed by atoms with Crippen LogP contribution in [0.5, 0.6) is 0 Å². The summed E-state index contributed by atoms with van der Waals surface area (Å²) in [5.74, 6) is 1.10. The quantitative estimate of drug-likeness (QED) is 0.220. The fraction of sp³-hybridized carbons (Fsp3) is 0.579. The molecule has 1 heterocycles. The second-order valence-corrected chi connectivity index (χ2v) is 7.45. The number of nitro groups is 1. The minimum atomic E-state index is -0.398. The predicted octanol–water partition coefficient (Wildman–Crippen LogP) is 2.62. The predicted molar refractivity (Wildman–Crippen MR) is 119 cm³/mol. The molecule has 0 aromatic heterocycles. The first-order valence-corrected chi connectivity index (χ1v) is 9.52. The molecule has 9 heteroatoms. The van der Waals surface area contributed by atoms with E-state index in [0.29, 0.717) is 25.7 Å². The van der Waals surface area contributed by atoms with Gasteiger partial charge in [-0.1, -0.05) is 26.0 Å². The van der Waals surface area contributed by atoms with E-state index in [-0.39, 0.29) is 41.5 Å². The van der Waals surface area contributed by atoms with Crippen molar-refractivity contribution in [2.24, 2.45) is 10.9 Å². The monoisotopic (exact) mass is 501 g/mol. The van der Waals surface area contributed by atoms with E-state index in [9.17, 15) is 14.9 Å². The van der Waals surface area contributed by atoms with E-state index in [1.54, 1.807) is 12.1 Å². The number of non-ortho nitro benzene ring substituents is 1. The molecule has 3 rings (SSSR count). The van der Waals surface area contributed by atoms with E-state index in [0.717, 1.165) is 37.5 Å². The number of amides is 1. The molecular formula is C19H28IN5O3. The number of halogens is 1. The summed E-state index contributed by atoms with van der Waals surface area (Å²) in [5, 5.41) is 14.3. The number of nitro benzene ring substituents is 1. The molecule has 8 nitrogen and oxygen atoms in total. The molecule has 1 aromatic carbocycles. The van der Waals surface area contributed by atoms with Gasteiger partial charge in [0.2, 0.25) is 5.91 Å². The third-order valence-corrected chi connectivity index (χ3v) is 4.85. The van der Waals surface area contributed by atoms with Crippen molar-refractivity contribution >= 4 is 41.5 Å². The number of aliphatic imine (C=N–C) groups is 1. The lowest BCUT2D eigenvalue weighted by molar-refractivity contribution is -0.384. The van der Waals surface area contributed by atoms with Crippen LogP contribution in [0.25, 0.3) is 0 Å². The van der Waals surface area contributed by atoms with Crippen molar-refractivity contribution in [2.45, 2.75) is 39.3 Å². The van der Waals surface area contributed by atoms with Gasteiger partial charge in [0.25, 0.3) is 5.69 Å². The zero-order chi connectivity index (χ0) is 19.4. The van der Waals surface area contributed by atoms with Crippen LogP contribution in [0, 0.1) is 16.0 Å². The summed E-state index contributed by atoms with van der Waals surface area (Å²) in [4.78, 5) is 31.4.